The predicted octanol–water partition coefficient (Wildman–Crippen LogP) is 4.33. The second-order valence-electron chi connectivity index (χ2n) is 8.98. The highest BCUT2D eigenvalue weighted by Gasteiger charge is 2.52. The number of fused-ring (bicyclic) bond motifs is 1. The molecule has 1 spiro atoms. The lowest BCUT2D eigenvalue weighted by molar-refractivity contribution is -0.140. The van der Waals surface area contributed by atoms with Gasteiger partial charge in [0.2, 0.25) is 0 Å². The first-order chi connectivity index (χ1) is 13.5. The van der Waals surface area contributed by atoms with Crippen LogP contribution in [0, 0.1) is 11.8 Å². The van der Waals surface area contributed by atoms with Gasteiger partial charge in [-0.1, -0.05) is 49.6 Å². The van der Waals surface area contributed by atoms with Gasteiger partial charge in [0.15, 0.2) is 0 Å². The summed E-state index contributed by atoms with van der Waals surface area (Å²) in [6.45, 7) is 3.24. The zero-order valence-corrected chi connectivity index (χ0v) is 17.5. The molecule has 4 aliphatic rings. The van der Waals surface area contributed by atoms with Gasteiger partial charge in [0.05, 0.1) is 12.7 Å². The summed E-state index contributed by atoms with van der Waals surface area (Å²) in [5.41, 5.74) is 0.979. The molecule has 1 saturated carbocycles. The van der Waals surface area contributed by atoms with E-state index >= 15 is 0 Å². The molecule has 0 aromatic rings. The number of aliphatic hydroxyl groups excluding tert-OH is 1. The molecule has 0 unspecified atom stereocenters. The number of cyclic esters (lactones) is 1. The maximum absolute atomic E-state index is 12.7. The van der Waals surface area contributed by atoms with Crippen molar-refractivity contribution in [3.63, 3.8) is 0 Å². The molecule has 5 atom stereocenters. The fraction of sp³-hybridized carbons (Fsp3) is 0.696. The average molecular weight is 406 g/mol. The Labute approximate surface area is 173 Å². The van der Waals surface area contributed by atoms with Crippen LogP contribution in [0.25, 0.3) is 0 Å². The molecule has 1 aliphatic carbocycles. The summed E-state index contributed by atoms with van der Waals surface area (Å²) in [6, 6.07) is 0.541. The minimum absolute atomic E-state index is 0.172. The molecule has 2 bridgehead atoms. The number of carbonyl (C=O) groups is 1. The van der Waals surface area contributed by atoms with Crippen molar-refractivity contribution >= 4 is 17.6 Å². The largest absolute Gasteiger partial charge is 0.462 e. The SMILES string of the molecule is C[C@H]1/C=C/[C@@H](O)/C=C(\Cl)CCOC(=O)C2=CC[C@H]3CCC[C@]4(CCC[C@H]14)N3C2. The molecule has 154 valence electrons. The molecule has 3 heterocycles. The summed E-state index contributed by atoms with van der Waals surface area (Å²) < 4.78 is 5.50. The van der Waals surface area contributed by atoms with Crippen molar-refractivity contribution in [2.75, 3.05) is 13.2 Å². The van der Waals surface area contributed by atoms with E-state index in [2.05, 4.69) is 24.0 Å². The number of rotatable bonds is 0. The lowest BCUT2D eigenvalue weighted by Crippen LogP contribution is -2.61. The number of aliphatic hydroxyl groups is 1. The quantitative estimate of drug-likeness (QED) is 0.481. The number of piperidine rings is 1. The second kappa shape index (κ2) is 8.33. The Morgan fingerprint density at radius 3 is 2.86 bits per heavy atom. The van der Waals surface area contributed by atoms with Crippen molar-refractivity contribution in [2.24, 2.45) is 11.8 Å². The van der Waals surface area contributed by atoms with Crippen LogP contribution in [0.5, 0.6) is 0 Å². The molecule has 3 aliphatic heterocycles. The van der Waals surface area contributed by atoms with Crippen LogP contribution < -0.4 is 0 Å². The van der Waals surface area contributed by atoms with Crippen LogP contribution in [0.15, 0.2) is 34.9 Å². The van der Waals surface area contributed by atoms with Gasteiger partial charge in [-0.2, -0.15) is 0 Å². The van der Waals surface area contributed by atoms with Crippen molar-refractivity contribution in [1.82, 2.24) is 4.90 Å². The third kappa shape index (κ3) is 3.83. The molecule has 0 aromatic heterocycles. The van der Waals surface area contributed by atoms with E-state index in [0.29, 0.717) is 35.9 Å². The Bertz CT molecular complexity index is 700. The van der Waals surface area contributed by atoms with Gasteiger partial charge in [-0.25, -0.2) is 4.79 Å². The van der Waals surface area contributed by atoms with Crippen molar-refractivity contribution in [3.05, 3.63) is 34.9 Å². The Hall–Kier alpha value is -1.10. The van der Waals surface area contributed by atoms with Gasteiger partial charge in [-0.05, 0) is 50.0 Å². The van der Waals surface area contributed by atoms with Crippen LogP contribution in [-0.2, 0) is 9.53 Å². The summed E-state index contributed by atoms with van der Waals surface area (Å²) in [5, 5.41) is 10.8. The van der Waals surface area contributed by atoms with Crippen molar-refractivity contribution in [2.45, 2.75) is 76.0 Å². The fourth-order valence-electron chi connectivity index (χ4n) is 6.10. The number of esters is 1. The van der Waals surface area contributed by atoms with E-state index in [1.54, 1.807) is 6.08 Å². The summed E-state index contributed by atoms with van der Waals surface area (Å²) in [7, 11) is 0. The van der Waals surface area contributed by atoms with Crippen LogP contribution in [0.3, 0.4) is 0 Å². The molecule has 0 radical (unpaired) electrons. The third-order valence-electron chi connectivity index (χ3n) is 7.39. The van der Waals surface area contributed by atoms with E-state index in [1.165, 1.54) is 38.5 Å². The molecular weight excluding hydrogens is 374 g/mol. The minimum atomic E-state index is -0.700. The van der Waals surface area contributed by atoms with Crippen LogP contribution >= 0.6 is 11.6 Å². The molecule has 1 saturated heterocycles. The lowest BCUT2D eigenvalue weighted by Gasteiger charge is -2.55. The summed E-state index contributed by atoms with van der Waals surface area (Å²) in [6.07, 6.45) is 15.8. The van der Waals surface area contributed by atoms with E-state index in [9.17, 15) is 9.90 Å². The Kier molecular flexibility index (Phi) is 6.01. The molecule has 4 rings (SSSR count). The highest BCUT2D eigenvalue weighted by atomic mass is 35.5. The number of halogens is 1. The molecule has 0 amide bonds. The van der Waals surface area contributed by atoms with Gasteiger partial charge in [0, 0.05) is 35.2 Å². The monoisotopic (exact) mass is 405 g/mol. The standard InChI is InChI=1S/C23H32ClNO3/c1-16-6-9-20(26)14-18(24)10-13-28-22(27)17-7-8-19-4-2-11-23(25(19)15-17)12-3-5-21(16)23/h6-7,9,14,16,19-21,26H,2-5,8,10-13,15H2,1H3/b9-6+,18-14-/t16-,19+,20+,21+,23+/m0/s1. The molecule has 0 aromatic carbocycles. The minimum Gasteiger partial charge on any atom is -0.462 e. The normalized spacial score (nSPS) is 42.9. The molecule has 28 heavy (non-hydrogen) atoms. The van der Waals surface area contributed by atoms with E-state index in [-0.39, 0.29) is 18.1 Å². The Morgan fingerprint density at radius 2 is 2.04 bits per heavy atom. The maximum Gasteiger partial charge on any atom is 0.335 e. The van der Waals surface area contributed by atoms with Gasteiger partial charge in [-0.3, -0.25) is 4.90 Å². The van der Waals surface area contributed by atoms with E-state index < -0.39 is 6.10 Å². The van der Waals surface area contributed by atoms with Crippen LogP contribution in [0.2, 0.25) is 0 Å². The van der Waals surface area contributed by atoms with Crippen LogP contribution in [0.1, 0.15) is 58.3 Å². The van der Waals surface area contributed by atoms with E-state index in [4.69, 9.17) is 16.3 Å². The first-order valence-electron chi connectivity index (χ1n) is 10.8. The van der Waals surface area contributed by atoms with Gasteiger partial charge in [-0.15, -0.1) is 0 Å². The second-order valence-corrected chi connectivity index (χ2v) is 9.46. The Balaban J connectivity index is 1.69. The lowest BCUT2D eigenvalue weighted by atomic mass is 9.70. The molecular formula is C23H32ClNO3. The number of carbonyl (C=O) groups excluding carboxylic acids is 1. The highest BCUT2D eigenvalue weighted by Crippen LogP contribution is 2.52. The Morgan fingerprint density at radius 1 is 1.25 bits per heavy atom. The highest BCUT2D eigenvalue weighted by molar-refractivity contribution is 6.29. The molecule has 4 nitrogen and oxygen atoms in total. The van der Waals surface area contributed by atoms with Crippen LogP contribution in [-0.4, -0.2) is 46.8 Å². The number of hydrogen-bond acceptors (Lipinski definition) is 4. The van der Waals surface area contributed by atoms with Gasteiger partial charge < -0.3 is 9.84 Å². The summed E-state index contributed by atoms with van der Waals surface area (Å²) >= 11 is 6.22. The smallest absolute Gasteiger partial charge is 0.335 e. The fourth-order valence-corrected chi connectivity index (χ4v) is 6.30. The summed E-state index contributed by atoms with van der Waals surface area (Å²) in [5.74, 6) is 0.730. The zero-order chi connectivity index (χ0) is 19.7. The van der Waals surface area contributed by atoms with Crippen LogP contribution in [0.4, 0.5) is 0 Å². The summed E-state index contributed by atoms with van der Waals surface area (Å²) in [4.78, 5) is 15.3. The van der Waals surface area contributed by atoms with Gasteiger partial charge in [0.25, 0.3) is 0 Å². The molecule has 2 fully saturated rings. The van der Waals surface area contributed by atoms with Crippen molar-refractivity contribution in [1.29, 1.82) is 0 Å². The number of ether oxygens (including phenoxy) is 1. The zero-order valence-electron chi connectivity index (χ0n) is 16.8. The van der Waals surface area contributed by atoms with Crippen molar-refractivity contribution < 1.29 is 14.6 Å². The maximum atomic E-state index is 12.7. The number of allylic oxidation sites excluding steroid dienone is 1. The third-order valence-corrected chi connectivity index (χ3v) is 7.70. The topological polar surface area (TPSA) is 49.8 Å². The number of hydrogen-bond donors (Lipinski definition) is 1. The predicted molar refractivity (Wildman–Crippen MR) is 111 cm³/mol. The first-order valence-corrected chi connectivity index (χ1v) is 11.2. The van der Waals surface area contributed by atoms with Gasteiger partial charge >= 0.3 is 5.97 Å². The molecule has 5 heteroatoms. The van der Waals surface area contributed by atoms with Crippen molar-refractivity contribution in [3.8, 4) is 0 Å². The number of nitrogens with zero attached hydrogens (tertiary/aromatic N) is 1. The average Bonchev–Trinajstić information content (AvgIpc) is 3.09. The van der Waals surface area contributed by atoms with E-state index in [0.717, 1.165) is 12.0 Å². The first kappa shape index (κ1) is 20.2. The van der Waals surface area contributed by atoms with E-state index in [1.807, 2.05) is 6.08 Å². The molecule has 1 N–H and O–H groups in total. The van der Waals surface area contributed by atoms with Gasteiger partial charge in [0.1, 0.15) is 0 Å².